The van der Waals surface area contributed by atoms with Gasteiger partial charge in [0.2, 0.25) is 10.3 Å². The van der Waals surface area contributed by atoms with Crippen LogP contribution in [0, 0.1) is 10.1 Å². The highest BCUT2D eigenvalue weighted by atomic mass is 35.6. The fourth-order valence-corrected chi connectivity index (χ4v) is 1.07. The maximum atomic E-state index is 10.2. The molecule has 1 atom stereocenters. The molecule has 0 aromatic heterocycles. The van der Waals surface area contributed by atoms with Crippen molar-refractivity contribution in [2.75, 3.05) is 13.2 Å². The molecule has 15 heavy (non-hydrogen) atoms. The van der Waals surface area contributed by atoms with E-state index in [9.17, 15) is 14.9 Å². The van der Waals surface area contributed by atoms with Gasteiger partial charge in [0.1, 0.15) is 0 Å². The van der Waals surface area contributed by atoms with Crippen LogP contribution < -0.4 is 0 Å². The quantitative estimate of drug-likeness (QED) is 0.452. The Hall–Kier alpha value is -0.300. The number of hydrogen-bond acceptors (Lipinski definition) is 4. The van der Waals surface area contributed by atoms with Gasteiger partial charge in [0, 0.05) is 4.92 Å². The van der Waals surface area contributed by atoms with Gasteiger partial charge in [-0.2, -0.15) is 0 Å². The molecule has 0 aliphatic heterocycles. The summed E-state index contributed by atoms with van der Waals surface area (Å²) in [7, 11) is 0. The van der Waals surface area contributed by atoms with Crippen molar-refractivity contribution < 1.29 is 19.6 Å². The molecule has 88 valence electrons. The van der Waals surface area contributed by atoms with E-state index in [1.807, 2.05) is 0 Å². The Balaban J connectivity index is 4.14. The van der Waals surface area contributed by atoms with Crippen LogP contribution in [0.1, 0.15) is 6.42 Å². The molecule has 0 bridgehead atoms. The first-order chi connectivity index (χ1) is 6.73. The standard InChI is InChI=1S/C6H8Cl3NO5/c7-6(8,9)4(3-10(13)14)15-2-1-5(11)12/h4H,1-3H2,(H,11,12)/t4-/m1/s1. The minimum Gasteiger partial charge on any atom is -0.481 e. The molecular weight excluding hydrogens is 272 g/mol. The van der Waals surface area contributed by atoms with Gasteiger partial charge in [-0.15, -0.1) is 0 Å². The third kappa shape index (κ3) is 7.61. The molecule has 0 radical (unpaired) electrons. The third-order valence-electron chi connectivity index (χ3n) is 1.31. The fraction of sp³-hybridized carbons (Fsp3) is 0.833. The molecule has 0 aromatic carbocycles. The van der Waals surface area contributed by atoms with Gasteiger partial charge in [-0.1, -0.05) is 34.8 Å². The number of alkyl halides is 3. The SMILES string of the molecule is O=C(O)CCO[C@H](C[N+](=O)[O-])C(Cl)(Cl)Cl. The Bertz CT molecular complexity index is 241. The van der Waals surface area contributed by atoms with Gasteiger partial charge >= 0.3 is 5.97 Å². The number of ether oxygens (including phenoxy) is 1. The second-order valence-corrected chi connectivity index (χ2v) is 4.93. The summed E-state index contributed by atoms with van der Waals surface area (Å²) < 4.78 is 2.86. The molecule has 0 saturated heterocycles. The van der Waals surface area contributed by atoms with Crippen molar-refractivity contribution in [1.29, 1.82) is 0 Å². The van der Waals surface area contributed by atoms with Crippen LogP contribution in [0.4, 0.5) is 0 Å². The summed E-state index contributed by atoms with van der Waals surface area (Å²) in [5.41, 5.74) is 0. The Morgan fingerprint density at radius 3 is 2.40 bits per heavy atom. The van der Waals surface area contributed by atoms with E-state index in [-0.39, 0.29) is 13.0 Å². The van der Waals surface area contributed by atoms with Gasteiger partial charge in [0.05, 0.1) is 13.0 Å². The highest BCUT2D eigenvalue weighted by Gasteiger charge is 2.37. The molecular formula is C6H8Cl3NO5. The van der Waals surface area contributed by atoms with Crippen molar-refractivity contribution in [2.45, 2.75) is 16.3 Å². The van der Waals surface area contributed by atoms with Gasteiger partial charge in [-0.25, -0.2) is 0 Å². The Morgan fingerprint density at radius 1 is 1.53 bits per heavy atom. The van der Waals surface area contributed by atoms with Crippen LogP contribution in [0.15, 0.2) is 0 Å². The summed E-state index contributed by atoms with van der Waals surface area (Å²) in [5, 5.41) is 18.5. The zero-order valence-electron chi connectivity index (χ0n) is 7.36. The molecule has 0 aromatic rings. The zero-order chi connectivity index (χ0) is 12.1. The number of rotatable bonds is 6. The Kier molecular flexibility index (Phi) is 6.19. The number of carboxylic acid groups (broad SMARTS) is 1. The van der Waals surface area contributed by atoms with Crippen LogP contribution in [0.5, 0.6) is 0 Å². The van der Waals surface area contributed by atoms with Crippen molar-refractivity contribution in [1.82, 2.24) is 0 Å². The molecule has 0 aliphatic rings. The maximum Gasteiger partial charge on any atom is 0.305 e. The zero-order valence-corrected chi connectivity index (χ0v) is 9.63. The predicted molar refractivity (Wildman–Crippen MR) is 54.1 cm³/mol. The van der Waals surface area contributed by atoms with Crippen LogP contribution >= 0.6 is 34.8 Å². The molecule has 0 fully saturated rings. The van der Waals surface area contributed by atoms with E-state index in [0.29, 0.717) is 0 Å². The van der Waals surface area contributed by atoms with Crippen molar-refractivity contribution in [3.63, 3.8) is 0 Å². The third-order valence-corrected chi connectivity index (χ3v) is 2.05. The van der Waals surface area contributed by atoms with Crippen LogP contribution in [0.3, 0.4) is 0 Å². The largest absolute Gasteiger partial charge is 0.481 e. The number of hydrogen-bond donors (Lipinski definition) is 1. The normalized spacial score (nSPS) is 13.5. The van der Waals surface area contributed by atoms with E-state index in [2.05, 4.69) is 0 Å². The number of halogens is 3. The number of aliphatic carboxylic acids is 1. The Morgan fingerprint density at radius 2 is 2.07 bits per heavy atom. The van der Waals surface area contributed by atoms with Gasteiger partial charge in [0.15, 0.2) is 6.10 Å². The maximum absolute atomic E-state index is 10.2. The van der Waals surface area contributed by atoms with E-state index in [1.165, 1.54) is 0 Å². The van der Waals surface area contributed by atoms with Crippen LogP contribution in [0.25, 0.3) is 0 Å². The average Bonchev–Trinajstić information content (AvgIpc) is 1.99. The molecule has 0 heterocycles. The number of carboxylic acids is 1. The summed E-state index contributed by atoms with van der Waals surface area (Å²) in [5.74, 6) is -1.10. The molecule has 0 saturated carbocycles. The minimum atomic E-state index is -1.95. The summed E-state index contributed by atoms with van der Waals surface area (Å²) in [6, 6.07) is 0. The number of carbonyl (C=O) groups is 1. The van der Waals surface area contributed by atoms with Gasteiger partial charge in [0.25, 0.3) is 0 Å². The minimum absolute atomic E-state index is 0.248. The van der Waals surface area contributed by atoms with Crippen molar-refractivity contribution in [2.24, 2.45) is 0 Å². The lowest BCUT2D eigenvalue weighted by atomic mass is 10.4. The second-order valence-electron chi connectivity index (χ2n) is 2.56. The summed E-state index contributed by atoms with van der Waals surface area (Å²) in [6.07, 6.45) is -1.58. The average molecular weight is 280 g/mol. The predicted octanol–water partition coefficient (Wildman–Crippen LogP) is 1.49. The molecule has 0 aliphatic carbocycles. The highest BCUT2D eigenvalue weighted by molar-refractivity contribution is 6.68. The Labute approximate surface area is 100 Å². The smallest absolute Gasteiger partial charge is 0.305 e. The number of nitrogens with zero attached hydrogens (tertiary/aromatic N) is 1. The van der Waals surface area contributed by atoms with Crippen LogP contribution in [0.2, 0.25) is 0 Å². The van der Waals surface area contributed by atoms with Gasteiger partial charge in [-0.3, -0.25) is 14.9 Å². The van der Waals surface area contributed by atoms with Crippen molar-refractivity contribution in [3.05, 3.63) is 10.1 Å². The first-order valence-electron chi connectivity index (χ1n) is 3.75. The molecule has 0 spiro atoms. The second kappa shape index (κ2) is 6.32. The van der Waals surface area contributed by atoms with E-state index in [0.717, 1.165) is 0 Å². The molecule has 0 rings (SSSR count). The lowest BCUT2D eigenvalue weighted by Crippen LogP contribution is -2.36. The van der Waals surface area contributed by atoms with E-state index in [1.54, 1.807) is 0 Å². The lowest BCUT2D eigenvalue weighted by Gasteiger charge is -2.20. The molecule has 1 N–H and O–H groups in total. The first-order valence-corrected chi connectivity index (χ1v) is 4.88. The van der Waals surface area contributed by atoms with E-state index < -0.39 is 27.3 Å². The topological polar surface area (TPSA) is 89.7 Å². The fourth-order valence-electron chi connectivity index (χ4n) is 0.675. The summed E-state index contributed by atoms with van der Waals surface area (Å²) in [6.45, 7) is -0.947. The van der Waals surface area contributed by atoms with Crippen molar-refractivity contribution >= 4 is 40.8 Å². The van der Waals surface area contributed by atoms with Gasteiger partial charge in [-0.05, 0) is 0 Å². The van der Waals surface area contributed by atoms with Gasteiger partial charge < -0.3 is 9.84 Å². The molecule has 0 unspecified atom stereocenters. The van der Waals surface area contributed by atoms with Crippen LogP contribution in [-0.2, 0) is 9.53 Å². The van der Waals surface area contributed by atoms with Crippen molar-refractivity contribution in [3.8, 4) is 0 Å². The molecule has 9 heteroatoms. The van der Waals surface area contributed by atoms with E-state index >= 15 is 0 Å². The first kappa shape index (κ1) is 14.7. The molecule has 6 nitrogen and oxygen atoms in total. The number of nitro groups is 1. The lowest BCUT2D eigenvalue weighted by molar-refractivity contribution is -0.491. The summed E-state index contributed by atoms with van der Waals surface area (Å²) in [4.78, 5) is 19.6. The monoisotopic (exact) mass is 279 g/mol. The summed E-state index contributed by atoms with van der Waals surface area (Å²) >= 11 is 16.2. The van der Waals surface area contributed by atoms with Crippen LogP contribution in [-0.4, -0.2) is 39.0 Å². The highest BCUT2D eigenvalue weighted by Crippen LogP contribution is 2.32. The van der Waals surface area contributed by atoms with E-state index in [4.69, 9.17) is 44.6 Å². The molecule has 0 amide bonds.